The molecule has 0 saturated heterocycles. The van der Waals surface area contributed by atoms with Crippen molar-refractivity contribution in [1.29, 1.82) is 0 Å². The van der Waals surface area contributed by atoms with Gasteiger partial charge in [0.2, 0.25) is 0 Å². The standard InChI is InChI=1S/C22H23NO2/c1-24-21-12-19-9-10-23(15-20(19)13-22(21)25-2)14-16-7-8-17-5-3-4-6-18(17)11-16/h3-8,11-13H,9-10,14-15H2,1-2H3/p+1. The minimum absolute atomic E-state index is 0.827. The molecule has 4 rings (SSSR count). The van der Waals surface area contributed by atoms with E-state index < -0.39 is 0 Å². The van der Waals surface area contributed by atoms with Crippen molar-refractivity contribution in [3.63, 3.8) is 0 Å². The number of hydrogen-bond acceptors (Lipinski definition) is 2. The van der Waals surface area contributed by atoms with E-state index in [1.54, 1.807) is 19.1 Å². The normalized spacial score (nSPS) is 16.5. The topological polar surface area (TPSA) is 22.9 Å². The summed E-state index contributed by atoms with van der Waals surface area (Å²) in [6.45, 7) is 3.23. The number of hydrogen-bond donors (Lipinski definition) is 1. The van der Waals surface area contributed by atoms with Crippen molar-refractivity contribution in [3.05, 3.63) is 71.3 Å². The zero-order valence-electron chi connectivity index (χ0n) is 14.8. The van der Waals surface area contributed by atoms with Crippen LogP contribution in [0.5, 0.6) is 11.5 Å². The first kappa shape index (κ1) is 16.0. The van der Waals surface area contributed by atoms with Crippen molar-refractivity contribution in [2.45, 2.75) is 19.5 Å². The molecule has 1 atom stereocenters. The predicted octanol–water partition coefficient (Wildman–Crippen LogP) is 3.00. The molecule has 1 aliphatic heterocycles. The monoisotopic (exact) mass is 334 g/mol. The van der Waals surface area contributed by atoms with Crippen molar-refractivity contribution in [3.8, 4) is 11.5 Å². The second kappa shape index (κ2) is 6.77. The number of ether oxygens (including phenoxy) is 2. The van der Waals surface area contributed by atoms with Crippen LogP contribution in [0.2, 0.25) is 0 Å². The molecule has 3 nitrogen and oxygen atoms in total. The summed E-state index contributed by atoms with van der Waals surface area (Å²) in [6.07, 6.45) is 1.08. The van der Waals surface area contributed by atoms with Crippen LogP contribution in [0.1, 0.15) is 16.7 Å². The van der Waals surface area contributed by atoms with Crippen molar-refractivity contribution >= 4 is 10.8 Å². The van der Waals surface area contributed by atoms with E-state index in [9.17, 15) is 0 Å². The summed E-state index contributed by atoms with van der Waals surface area (Å²) in [7, 11) is 3.40. The Hall–Kier alpha value is -2.52. The van der Waals surface area contributed by atoms with E-state index in [-0.39, 0.29) is 0 Å². The maximum absolute atomic E-state index is 5.47. The Kier molecular flexibility index (Phi) is 4.33. The molecule has 128 valence electrons. The second-order valence-corrected chi connectivity index (χ2v) is 6.76. The first-order valence-corrected chi connectivity index (χ1v) is 8.82. The fourth-order valence-corrected chi connectivity index (χ4v) is 3.82. The third-order valence-corrected chi connectivity index (χ3v) is 5.16. The lowest BCUT2D eigenvalue weighted by molar-refractivity contribution is -0.929. The number of fused-ring (bicyclic) bond motifs is 2. The molecule has 0 amide bonds. The SMILES string of the molecule is COc1cc2c(cc1OC)C[NH+](Cc1ccc3ccccc3c1)CC2. The fourth-order valence-electron chi connectivity index (χ4n) is 3.82. The molecule has 0 fully saturated rings. The van der Waals surface area contributed by atoms with Crippen LogP contribution in [0.3, 0.4) is 0 Å². The van der Waals surface area contributed by atoms with Gasteiger partial charge in [-0.25, -0.2) is 0 Å². The van der Waals surface area contributed by atoms with E-state index in [0.717, 1.165) is 37.6 Å². The summed E-state index contributed by atoms with van der Waals surface area (Å²) < 4.78 is 10.9. The Morgan fingerprint density at radius 1 is 0.840 bits per heavy atom. The van der Waals surface area contributed by atoms with Gasteiger partial charge in [-0.15, -0.1) is 0 Å². The summed E-state index contributed by atoms with van der Waals surface area (Å²) in [5, 5.41) is 2.63. The molecule has 0 bridgehead atoms. The average Bonchev–Trinajstić information content (AvgIpc) is 2.66. The van der Waals surface area contributed by atoms with Crippen molar-refractivity contribution in [2.75, 3.05) is 20.8 Å². The summed E-state index contributed by atoms with van der Waals surface area (Å²) in [5.74, 6) is 1.66. The summed E-state index contributed by atoms with van der Waals surface area (Å²) in [5.41, 5.74) is 4.16. The highest BCUT2D eigenvalue weighted by Gasteiger charge is 2.22. The molecule has 25 heavy (non-hydrogen) atoms. The largest absolute Gasteiger partial charge is 0.493 e. The molecular formula is C22H24NO2+. The highest BCUT2D eigenvalue weighted by molar-refractivity contribution is 5.82. The Morgan fingerprint density at radius 3 is 2.32 bits per heavy atom. The molecule has 3 heteroatoms. The van der Waals surface area contributed by atoms with Crippen molar-refractivity contribution < 1.29 is 14.4 Å². The zero-order valence-corrected chi connectivity index (χ0v) is 14.8. The Balaban J connectivity index is 1.55. The molecule has 0 saturated carbocycles. The van der Waals surface area contributed by atoms with Crippen LogP contribution in [0.25, 0.3) is 10.8 Å². The van der Waals surface area contributed by atoms with Crippen LogP contribution < -0.4 is 14.4 Å². The van der Waals surface area contributed by atoms with Gasteiger partial charge in [0.15, 0.2) is 11.5 Å². The van der Waals surface area contributed by atoms with Crippen LogP contribution in [0.4, 0.5) is 0 Å². The first-order chi connectivity index (χ1) is 12.3. The Labute approximate surface area is 148 Å². The van der Waals surface area contributed by atoms with Crippen LogP contribution in [0.15, 0.2) is 54.6 Å². The number of rotatable bonds is 4. The fraction of sp³-hybridized carbons (Fsp3) is 0.273. The van der Waals surface area contributed by atoms with Crippen LogP contribution in [-0.2, 0) is 19.5 Å². The third kappa shape index (κ3) is 3.20. The third-order valence-electron chi connectivity index (χ3n) is 5.16. The highest BCUT2D eigenvalue weighted by Crippen LogP contribution is 2.31. The first-order valence-electron chi connectivity index (χ1n) is 8.82. The van der Waals surface area contributed by atoms with Crippen molar-refractivity contribution in [1.82, 2.24) is 0 Å². The van der Waals surface area contributed by atoms with E-state index in [1.165, 1.54) is 27.5 Å². The molecule has 0 radical (unpaired) electrons. The van der Waals surface area contributed by atoms with Gasteiger partial charge in [-0.05, 0) is 34.5 Å². The van der Waals surface area contributed by atoms with E-state index >= 15 is 0 Å². The molecule has 1 N–H and O–H groups in total. The molecule has 0 spiro atoms. The minimum atomic E-state index is 0.827. The molecule has 3 aromatic carbocycles. The molecule has 0 aliphatic carbocycles. The molecule has 1 heterocycles. The average molecular weight is 334 g/mol. The lowest BCUT2D eigenvalue weighted by Crippen LogP contribution is -3.10. The number of methoxy groups -OCH3 is 2. The van der Waals surface area contributed by atoms with Gasteiger partial charge in [0.05, 0.1) is 20.8 Å². The van der Waals surface area contributed by atoms with Crippen molar-refractivity contribution in [2.24, 2.45) is 0 Å². The second-order valence-electron chi connectivity index (χ2n) is 6.76. The molecule has 1 aliphatic rings. The molecular weight excluding hydrogens is 310 g/mol. The highest BCUT2D eigenvalue weighted by atomic mass is 16.5. The van der Waals surface area contributed by atoms with Gasteiger partial charge in [0, 0.05) is 17.5 Å². The zero-order chi connectivity index (χ0) is 17.2. The maximum atomic E-state index is 5.47. The molecule has 1 unspecified atom stereocenters. The van der Waals surface area contributed by atoms with Crippen LogP contribution in [0, 0.1) is 0 Å². The summed E-state index contributed by atoms with van der Waals surface area (Å²) in [4.78, 5) is 1.59. The van der Waals surface area contributed by atoms with Gasteiger partial charge in [-0.3, -0.25) is 0 Å². The van der Waals surface area contributed by atoms with Gasteiger partial charge in [0.1, 0.15) is 13.1 Å². The number of nitrogens with one attached hydrogen (secondary N) is 1. The van der Waals surface area contributed by atoms with E-state index in [1.807, 2.05) is 0 Å². The van der Waals surface area contributed by atoms with Crippen LogP contribution in [-0.4, -0.2) is 20.8 Å². The van der Waals surface area contributed by atoms with Gasteiger partial charge in [0.25, 0.3) is 0 Å². The maximum Gasteiger partial charge on any atom is 0.161 e. The van der Waals surface area contributed by atoms with E-state index in [0.29, 0.717) is 0 Å². The summed E-state index contributed by atoms with van der Waals surface area (Å²) in [6, 6.07) is 19.7. The molecule has 3 aromatic rings. The van der Waals surface area contributed by atoms with Gasteiger partial charge < -0.3 is 14.4 Å². The van der Waals surface area contributed by atoms with Gasteiger partial charge in [-0.2, -0.15) is 0 Å². The Morgan fingerprint density at radius 2 is 1.56 bits per heavy atom. The smallest absolute Gasteiger partial charge is 0.161 e. The molecule has 0 aromatic heterocycles. The predicted molar refractivity (Wildman–Crippen MR) is 100 cm³/mol. The lowest BCUT2D eigenvalue weighted by atomic mass is 9.98. The van der Waals surface area contributed by atoms with Crippen LogP contribution >= 0.6 is 0 Å². The number of benzene rings is 3. The minimum Gasteiger partial charge on any atom is -0.493 e. The summed E-state index contributed by atoms with van der Waals surface area (Å²) >= 11 is 0. The lowest BCUT2D eigenvalue weighted by Gasteiger charge is -2.27. The number of quaternary nitrogens is 1. The van der Waals surface area contributed by atoms with Gasteiger partial charge in [-0.1, -0.05) is 36.4 Å². The van der Waals surface area contributed by atoms with E-state index in [4.69, 9.17) is 9.47 Å². The Bertz CT molecular complexity index is 904. The van der Waals surface area contributed by atoms with E-state index in [2.05, 4.69) is 54.6 Å². The van der Waals surface area contributed by atoms with Gasteiger partial charge >= 0.3 is 0 Å². The quantitative estimate of drug-likeness (QED) is 0.793.